The third-order valence-electron chi connectivity index (χ3n) is 2.52. The van der Waals surface area contributed by atoms with Crippen LogP contribution in [-0.4, -0.2) is 50.3 Å². The van der Waals surface area contributed by atoms with Crippen molar-refractivity contribution in [1.82, 2.24) is 0 Å². The third kappa shape index (κ3) is 11.7. The maximum Gasteiger partial charge on any atom is 0.306 e. The zero-order valence-electron chi connectivity index (χ0n) is 13.4. The first-order valence-corrected chi connectivity index (χ1v) is 6.99. The van der Waals surface area contributed by atoms with Gasteiger partial charge in [-0.15, -0.1) is 0 Å². The molecular formula is C10H14N12O4. The summed E-state index contributed by atoms with van der Waals surface area (Å²) < 4.78 is 9.86. The molecule has 0 aromatic rings. The van der Waals surface area contributed by atoms with Gasteiger partial charge in [0.1, 0.15) is 12.2 Å². The minimum atomic E-state index is -0.951. The van der Waals surface area contributed by atoms with Crippen LogP contribution in [0.15, 0.2) is 20.5 Å². The van der Waals surface area contributed by atoms with Gasteiger partial charge in [0, 0.05) is 19.6 Å². The lowest BCUT2D eigenvalue weighted by Crippen LogP contribution is -2.26. The molecule has 0 aliphatic rings. The molecule has 0 heterocycles. The summed E-state index contributed by atoms with van der Waals surface area (Å²) in [5.41, 5.74) is 33.0. The van der Waals surface area contributed by atoms with Gasteiger partial charge in [0.2, 0.25) is 0 Å². The van der Waals surface area contributed by atoms with E-state index in [4.69, 9.17) is 31.6 Å². The summed E-state index contributed by atoms with van der Waals surface area (Å²) in [7, 11) is 0. The first-order chi connectivity index (χ1) is 12.6. The van der Waals surface area contributed by atoms with Crippen LogP contribution >= 0.6 is 0 Å². The number of carbonyl (C=O) groups excluding carboxylic acids is 2. The van der Waals surface area contributed by atoms with Crippen LogP contribution in [0.4, 0.5) is 0 Å². The van der Waals surface area contributed by atoms with Crippen molar-refractivity contribution < 1.29 is 19.1 Å². The van der Waals surface area contributed by atoms with E-state index in [1.165, 1.54) is 0 Å². The highest BCUT2D eigenvalue weighted by atomic mass is 16.6. The molecule has 0 saturated carbocycles. The smallest absolute Gasteiger partial charge is 0.306 e. The second-order valence-electron chi connectivity index (χ2n) is 4.38. The van der Waals surface area contributed by atoms with Gasteiger partial charge in [-0.3, -0.25) is 9.59 Å². The highest BCUT2D eigenvalue weighted by molar-refractivity contribution is 5.77. The van der Waals surface area contributed by atoms with Crippen LogP contribution in [0.2, 0.25) is 0 Å². The van der Waals surface area contributed by atoms with E-state index in [2.05, 4.69) is 40.1 Å². The van der Waals surface area contributed by atoms with Gasteiger partial charge in [-0.2, -0.15) is 0 Å². The number of ether oxygens (including phenoxy) is 2. The molecule has 0 aromatic heterocycles. The van der Waals surface area contributed by atoms with E-state index in [-0.39, 0.29) is 39.0 Å². The number of nitrogens with zero attached hydrogens (tertiary/aromatic N) is 12. The van der Waals surface area contributed by atoms with Crippen LogP contribution in [-0.2, 0) is 19.1 Å². The van der Waals surface area contributed by atoms with Crippen LogP contribution in [0.5, 0.6) is 0 Å². The lowest BCUT2D eigenvalue weighted by molar-refractivity contribution is -0.155. The van der Waals surface area contributed by atoms with Gasteiger partial charge in [-0.1, -0.05) is 20.5 Å². The van der Waals surface area contributed by atoms with Crippen molar-refractivity contribution in [3.05, 3.63) is 41.8 Å². The number of hydrogen-bond donors (Lipinski definition) is 0. The summed E-state index contributed by atoms with van der Waals surface area (Å²) in [6.45, 7) is -0.920. The van der Waals surface area contributed by atoms with Gasteiger partial charge in [0.15, 0.2) is 0 Å². The fourth-order valence-corrected chi connectivity index (χ4v) is 1.47. The van der Waals surface area contributed by atoms with Crippen molar-refractivity contribution in [2.24, 2.45) is 20.5 Å². The van der Waals surface area contributed by atoms with E-state index in [9.17, 15) is 9.59 Å². The summed E-state index contributed by atoms with van der Waals surface area (Å²) in [6.07, 6.45) is -2.60. The van der Waals surface area contributed by atoms with E-state index in [0.717, 1.165) is 0 Å². The Bertz CT molecular complexity index is 571. The predicted molar refractivity (Wildman–Crippen MR) is 85.0 cm³/mol. The summed E-state index contributed by atoms with van der Waals surface area (Å²) >= 11 is 0. The lowest BCUT2D eigenvalue weighted by atomic mass is 10.3. The Hall–Kier alpha value is -3.82. The van der Waals surface area contributed by atoms with Crippen LogP contribution < -0.4 is 0 Å². The molecule has 16 heteroatoms. The maximum atomic E-state index is 11.7. The lowest BCUT2D eigenvalue weighted by Gasteiger charge is -2.15. The molecule has 0 atom stereocenters. The first kappa shape index (κ1) is 22.2. The fourth-order valence-electron chi connectivity index (χ4n) is 1.47. The van der Waals surface area contributed by atoms with Gasteiger partial charge in [-0.05, 0) is 22.1 Å². The minimum absolute atomic E-state index is 0.230. The molecular weight excluding hydrogens is 352 g/mol. The molecule has 0 amide bonds. The number of hydrogen-bond acceptors (Lipinski definition) is 8. The van der Waals surface area contributed by atoms with Crippen molar-refractivity contribution in [3.8, 4) is 0 Å². The maximum absolute atomic E-state index is 11.7. The molecule has 0 aliphatic carbocycles. The normalized spacial score (nSPS) is 11.2. The average molecular weight is 366 g/mol. The Balaban J connectivity index is 4.48. The van der Waals surface area contributed by atoms with E-state index in [1.807, 2.05) is 0 Å². The SMILES string of the molecule is [N-]=[N+]=NCC(CN=[N+]=[N-])OC(=O)CCC(=O)OC(CN=[N+]=[N-])CN=[N+]=[N-]. The molecule has 16 nitrogen and oxygen atoms in total. The van der Waals surface area contributed by atoms with Crippen molar-refractivity contribution in [1.29, 1.82) is 0 Å². The Labute approximate surface area is 145 Å². The second kappa shape index (κ2) is 14.8. The summed E-state index contributed by atoms with van der Waals surface area (Å²) in [6, 6.07) is 0. The summed E-state index contributed by atoms with van der Waals surface area (Å²) in [5.74, 6) is -1.59. The molecule has 26 heavy (non-hydrogen) atoms. The number of rotatable bonds is 13. The van der Waals surface area contributed by atoms with Crippen molar-refractivity contribution in [2.45, 2.75) is 25.0 Å². The second-order valence-corrected chi connectivity index (χ2v) is 4.38. The highest BCUT2D eigenvalue weighted by Gasteiger charge is 2.17. The zero-order chi connectivity index (χ0) is 19.6. The van der Waals surface area contributed by atoms with Crippen molar-refractivity contribution >= 4 is 11.9 Å². The largest absolute Gasteiger partial charge is 0.462 e. The molecule has 0 unspecified atom stereocenters. The molecule has 0 aliphatic heterocycles. The van der Waals surface area contributed by atoms with Crippen LogP contribution in [0.1, 0.15) is 12.8 Å². The zero-order valence-corrected chi connectivity index (χ0v) is 13.4. The van der Waals surface area contributed by atoms with E-state index >= 15 is 0 Å². The molecule has 0 aromatic carbocycles. The number of esters is 2. The van der Waals surface area contributed by atoms with Gasteiger partial charge in [0.05, 0.1) is 39.0 Å². The quantitative estimate of drug-likeness (QED) is 0.206. The number of carbonyl (C=O) groups is 2. The molecule has 0 fully saturated rings. The van der Waals surface area contributed by atoms with E-state index in [0.29, 0.717) is 0 Å². The van der Waals surface area contributed by atoms with Crippen molar-refractivity contribution in [3.63, 3.8) is 0 Å². The Morgan fingerprint density at radius 1 is 0.654 bits per heavy atom. The average Bonchev–Trinajstić information content (AvgIpc) is 2.64. The van der Waals surface area contributed by atoms with E-state index < -0.39 is 24.1 Å². The Morgan fingerprint density at radius 2 is 0.923 bits per heavy atom. The topological polar surface area (TPSA) is 248 Å². The van der Waals surface area contributed by atoms with Gasteiger partial charge >= 0.3 is 11.9 Å². The molecule has 0 spiro atoms. The van der Waals surface area contributed by atoms with Crippen LogP contribution in [0.25, 0.3) is 41.8 Å². The van der Waals surface area contributed by atoms with E-state index in [1.54, 1.807) is 0 Å². The molecule has 138 valence electrons. The molecule has 0 N–H and O–H groups in total. The van der Waals surface area contributed by atoms with Gasteiger partial charge in [-0.25, -0.2) is 0 Å². The predicted octanol–water partition coefficient (Wildman–Crippen LogP) is 2.83. The highest BCUT2D eigenvalue weighted by Crippen LogP contribution is 2.04. The number of azide groups is 4. The monoisotopic (exact) mass is 366 g/mol. The fraction of sp³-hybridized carbons (Fsp3) is 0.800. The van der Waals surface area contributed by atoms with Crippen LogP contribution in [0, 0.1) is 0 Å². The van der Waals surface area contributed by atoms with Crippen molar-refractivity contribution in [2.75, 3.05) is 26.2 Å². The summed E-state index contributed by atoms with van der Waals surface area (Å²) in [5, 5.41) is 12.9. The van der Waals surface area contributed by atoms with Gasteiger partial charge in [0.25, 0.3) is 0 Å². The molecule has 0 bridgehead atoms. The first-order valence-electron chi connectivity index (χ1n) is 6.99. The molecule has 0 radical (unpaired) electrons. The third-order valence-corrected chi connectivity index (χ3v) is 2.52. The minimum Gasteiger partial charge on any atom is -0.462 e. The van der Waals surface area contributed by atoms with Crippen LogP contribution in [0.3, 0.4) is 0 Å². The molecule has 0 saturated heterocycles. The molecule has 0 rings (SSSR count). The standard InChI is InChI=1S/C10H14N12O4/c11-19-15-3-7(4-16-20-12)25-9(23)1-2-10(24)26-8(5-17-21-13)6-18-22-14/h7-8H,1-6H2. The Morgan fingerprint density at radius 3 is 1.15 bits per heavy atom. The summed E-state index contributed by atoms with van der Waals surface area (Å²) in [4.78, 5) is 33.4. The Kier molecular flexibility index (Phi) is 12.6. The van der Waals surface area contributed by atoms with Gasteiger partial charge < -0.3 is 9.47 Å².